The zero-order chi connectivity index (χ0) is 20.4. The summed E-state index contributed by atoms with van der Waals surface area (Å²) >= 11 is 8.81. The van der Waals surface area contributed by atoms with E-state index in [-0.39, 0.29) is 0 Å². The van der Waals surface area contributed by atoms with Crippen molar-refractivity contribution in [2.24, 2.45) is 0 Å². The third-order valence-corrected chi connectivity index (χ3v) is 6.86. The molecule has 1 unspecified atom stereocenters. The van der Waals surface area contributed by atoms with Crippen molar-refractivity contribution < 1.29 is 13.2 Å². The third kappa shape index (κ3) is 5.81. The number of amides is 1. The topological polar surface area (TPSA) is 92.3 Å². The molecule has 148 valence electrons. The molecule has 0 bridgehead atoms. The number of carbonyl (C=O) groups is 1. The Balaban J connectivity index is 2.27. The molecule has 2 rings (SSSR count). The number of anilines is 2. The maximum absolute atomic E-state index is 12.7. The summed E-state index contributed by atoms with van der Waals surface area (Å²) in [5.41, 5.74) is 1.05. The number of hydrogen-bond donors (Lipinski definition) is 1. The SMILES string of the molecule is Cc1ccc(Cl)cc1N(C(C)C(=O)Nc1nnc(SC(C)C)s1)S(C)(=O)=O. The van der Waals surface area contributed by atoms with Crippen LogP contribution in [-0.4, -0.2) is 42.1 Å². The Hall–Kier alpha value is -1.36. The first-order chi connectivity index (χ1) is 12.5. The number of aryl methyl sites for hydroxylation is 1. The highest BCUT2D eigenvalue weighted by molar-refractivity contribution is 8.01. The van der Waals surface area contributed by atoms with Crippen molar-refractivity contribution in [2.75, 3.05) is 15.9 Å². The molecule has 1 aromatic carbocycles. The number of halogens is 1. The van der Waals surface area contributed by atoms with Crippen LogP contribution in [0.4, 0.5) is 10.8 Å². The van der Waals surface area contributed by atoms with Gasteiger partial charge in [0.2, 0.25) is 21.1 Å². The number of hydrogen-bond acceptors (Lipinski definition) is 7. The quantitative estimate of drug-likeness (QED) is 0.511. The summed E-state index contributed by atoms with van der Waals surface area (Å²) in [6.45, 7) is 7.34. The molecule has 2 aromatic rings. The minimum Gasteiger partial charge on any atom is -0.299 e. The van der Waals surface area contributed by atoms with Gasteiger partial charge < -0.3 is 0 Å². The van der Waals surface area contributed by atoms with E-state index in [0.29, 0.717) is 26.7 Å². The summed E-state index contributed by atoms with van der Waals surface area (Å²) in [5.74, 6) is -0.503. The van der Waals surface area contributed by atoms with Gasteiger partial charge in [0.1, 0.15) is 6.04 Å². The molecule has 7 nitrogen and oxygen atoms in total. The Kier molecular flexibility index (Phi) is 7.12. The molecule has 11 heteroatoms. The van der Waals surface area contributed by atoms with Crippen molar-refractivity contribution in [2.45, 2.75) is 43.3 Å². The predicted molar refractivity (Wildman–Crippen MR) is 113 cm³/mol. The first-order valence-corrected chi connectivity index (χ1v) is 12.0. The lowest BCUT2D eigenvalue weighted by atomic mass is 10.2. The predicted octanol–water partition coefficient (Wildman–Crippen LogP) is 3.79. The van der Waals surface area contributed by atoms with Gasteiger partial charge in [-0.25, -0.2) is 8.42 Å². The average Bonchev–Trinajstić information content (AvgIpc) is 2.95. The van der Waals surface area contributed by atoms with Crippen molar-refractivity contribution in [3.05, 3.63) is 28.8 Å². The number of benzene rings is 1. The first-order valence-electron chi connectivity index (χ1n) is 8.05. The molecule has 27 heavy (non-hydrogen) atoms. The number of carbonyl (C=O) groups excluding carboxylic acids is 1. The van der Waals surface area contributed by atoms with Crippen molar-refractivity contribution in [1.29, 1.82) is 0 Å². The monoisotopic (exact) mass is 448 g/mol. The number of sulfonamides is 1. The Morgan fingerprint density at radius 3 is 2.56 bits per heavy atom. The zero-order valence-corrected chi connectivity index (χ0v) is 18.8. The maximum atomic E-state index is 12.7. The van der Waals surface area contributed by atoms with Gasteiger partial charge in [0.05, 0.1) is 11.9 Å². The first kappa shape index (κ1) is 21.9. The van der Waals surface area contributed by atoms with Gasteiger partial charge >= 0.3 is 0 Å². The molecular weight excluding hydrogens is 428 g/mol. The van der Waals surface area contributed by atoms with E-state index in [1.54, 1.807) is 19.1 Å². The molecule has 1 N–H and O–H groups in total. The number of nitrogens with one attached hydrogen (secondary N) is 1. The molecular formula is C16H21ClN4O3S3. The van der Waals surface area contributed by atoms with Gasteiger partial charge in [-0.3, -0.25) is 14.4 Å². The number of thioether (sulfide) groups is 1. The van der Waals surface area contributed by atoms with Crippen LogP contribution in [-0.2, 0) is 14.8 Å². The van der Waals surface area contributed by atoms with Gasteiger partial charge in [0.25, 0.3) is 0 Å². The second-order valence-electron chi connectivity index (χ2n) is 6.19. The summed E-state index contributed by atoms with van der Waals surface area (Å²) in [6.07, 6.45) is 1.06. The van der Waals surface area contributed by atoms with Gasteiger partial charge in [0.15, 0.2) is 4.34 Å². The smallest absolute Gasteiger partial charge is 0.249 e. The van der Waals surface area contributed by atoms with Crippen LogP contribution in [0.1, 0.15) is 26.3 Å². The van der Waals surface area contributed by atoms with Crippen LogP contribution in [0.5, 0.6) is 0 Å². The normalized spacial score (nSPS) is 12.9. The Morgan fingerprint density at radius 1 is 1.30 bits per heavy atom. The molecule has 1 atom stereocenters. The average molecular weight is 449 g/mol. The minimum atomic E-state index is -3.73. The van der Waals surface area contributed by atoms with Gasteiger partial charge in [-0.15, -0.1) is 10.2 Å². The third-order valence-electron chi connectivity index (χ3n) is 3.47. The fourth-order valence-corrected chi connectivity index (χ4v) is 5.69. The zero-order valence-electron chi connectivity index (χ0n) is 15.6. The van der Waals surface area contributed by atoms with Crippen LogP contribution in [0.2, 0.25) is 5.02 Å². The highest BCUT2D eigenvalue weighted by atomic mass is 35.5. The molecule has 0 aliphatic rings. The lowest BCUT2D eigenvalue weighted by Crippen LogP contribution is -2.45. The Labute approximate surface area is 172 Å². The van der Waals surface area contributed by atoms with Crippen molar-refractivity contribution in [3.63, 3.8) is 0 Å². The number of nitrogens with zero attached hydrogens (tertiary/aromatic N) is 3. The van der Waals surface area contributed by atoms with E-state index in [1.807, 2.05) is 13.8 Å². The molecule has 0 saturated carbocycles. The lowest BCUT2D eigenvalue weighted by Gasteiger charge is -2.29. The summed E-state index contributed by atoms with van der Waals surface area (Å²) < 4.78 is 26.6. The summed E-state index contributed by atoms with van der Waals surface area (Å²) in [4.78, 5) is 12.7. The van der Waals surface area contributed by atoms with Crippen molar-refractivity contribution in [1.82, 2.24) is 10.2 Å². The van der Waals surface area contributed by atoms with E-state index in [0.717, 1.165) is 14.9 Å². The number of rotatable bonds is 7. The van der Waals surface area contributed by atoms with Crippen LogP contribution >= 0.6 is 34.7 Å². The van der Waals surface area contributed by atoms with Gasteiger partial charge in [0, 0.05) is 10.3 Å². The maximum Gasteiger partial charge on any atom is 0.249 e. The summed E-state index contributed by atoms with van der Waals surface area (Å²) in [5, 5.41) is 11.7. The van der Waals surface area contributed by atoms with E-state index in [2.05, 4.69) is 15.5 Å². The second-order valence-corrected chi connectivity index (χ2v) is 11.3. The molecule has 0 fully saturated rings. The van der Waals surface area contributed by atoms with Crippen LogP contribution < -0.4 is 9.62 Å². The van der Waals surface area contributed by atoms with E-state index < -0.39 is 22.0 Å². The van der Waals surface area contributed by atoms with Crippen LogP contribution in [0.15, 0.2) is 22.5 Å². The standard InChI is InChI=1S/C16H21ClN4O3S3/c1-9(2)25-16-20-19-15(26-16)18-14(22)11(4)21(27(5,23)24)13-8-12(17)7-6-10(13)3/h6-9,11H,1-5H3,(H,18,19,22). The molecule has 1 amide bonds. The number of aromatic nitrogens is 2. The molecule has 0 aliphatic heterocycles. The van der Waals surface area contributed by atoms with Gasteiger partial charge in [-0.05, 0) is 31.5 Å². The molecule has 0 radical (unpaired) electrons. The van der Waals surface area contributed by atoms with Crippen LogP contribution in [0, 0.1) is 6.92 Å². The van der Waals surface area contributed by atoms with Gasteiger partial charge in [-0.1, -0.05) is 54.6 Å². The molecule has 1 heterocycles. The Morgan fingerprint density at radius 2 is 1.96 bits per heavy atom. The van der Waals surface area contributed by atoms with E-state index in [4.69, 9.17) is 11.6 Å². The van der Waals surface area contributed by atoms with E-state index in [9.17, 15) is 13.2 Å². The largest absolute Gasteiger partial charge is 0.299 e. The van der Waals surface area contributed by atoms with E-state index in [1.165, 1.54) is 36.1 Å². The fourth-order valence-electron chi connectivity index (χ4n) is 2.32. The van der Waals surface area contributed by atoms with Gasteiger partial charge in [-0.2, -0.15) is 0 Å². The molecule has 0 spiro atoms. The second kappa shape index (κ2) is 8.76. The summed E-state index contributed by atoms with van der Waals surface area (Å²) in [7, 11) is -3.73. The lowest BCUT2D eigenvalue weighted by molar-refractivity contribution is -0.116. The molecule has 0 aliphatic carbocycles. The summed E-state index contributed by atoms with van der Waals surface area (Å²) in [6, 6.07) is 3.91. The molecule has 1 aromatic heterocycles. The highest BCUT2D eigenvalue weighted by Gasteiger charge is 2.31. The Bertz CT molecular complexity index is 931. The minimum absolute atomic E-state index is 0.325. The van der Waals surface area contributed by atoms with Crippen LogP contribution in [0.25, 0.3) is 0 Å². The van der Waals surface area contributed by atoms with Crippen molar-refractivity contribution in [3.8, 4) is 0 Å². The van der Waals surface area contributed by atoms with E-state index >= 15 is 0 Å². The highest BCUT2D eigenvalue weighted by Crippen LogP contribution is 2.30. The fraction of sp³-hybridized carbons (Fsp3) is 0.438. The van der Waals surface area contributed by atoms with Crippen LogP contribution in [0.3, 0.4) is 0 Å². The van der Waals surface area contributed by atoms with Crippen molar-refractivity contribution >= 4 is 61.4 Å². The molecule has 0 saturated heterocycles.